The first kappa shape index (κ1) is 17.3. The Bertz CT molecular complexity index is 723. The van der Waals surface area contributed by atoms with Crippen LogP contribution in [-0.4, -0.2) is 61.3 Å². The number of aromatic nitrogens is 1. The predicted molar refractivity (Wildman–Crippen MR) is 101 cm³/mol. The SMILES string of the molecule is O=C(c1cccc(OC2CCN(c3nccs3)CC2)c1)N1CCOCC1. The topological polar surface area (TPSA) is 54.9 Å². The fourth-order valence-corrected chi connectivity index (χ4v) is 4.08. The molecule has 0 saturated carbocycles. The van der Waals surface area contributed by atoms with Crippen LogP contribution in [0.25, 0.3) is 0 Å². The minimum atomic E-state index is 0.0531. The van der Waals surface area contributed by atoms with Gasteiger partial charge in [0.05, 0.1) is 13.2 Å². The molecule has 1 aromatic heterocycles. The maximum Gasteiger partial charge on any atom is 0.254 e. The number of carbonyl (C=O) groups excluding carboxylic acids is 1. The number of nitrogens with zero attached hydrogens (tertiary/aromatic N) is 3. The van der Waals surface area contributed by atoms with E-state index in [1.54, 1.807) is 11.3 Å². The number of anilines is 1. The molecule has 1 amide bonds. The van der Waals surface area contributed by atoms with E-state index in [9.17, 15) is 4.79 Å². The van der Waals surface area contributed by atoms with E-state index in [-0.39, 0.29) is 12.0 Å². The third-order valence-corrected chi connectivity index (χ3v) is 5.65. The van der Waals surface area contributed by atoms with Crippen LogP contribution in [0.4, 0.5) is 5.13 Å². The molecule has 2 aliphatic rings. The molecule has 3 heterocycles. The molecule has 26 heavy (non-hydrogen) atoms. The van der Waals surface area contributed by atoms with E-state index in [2.05, 4.69) is 9.88 Å². The molecule has 6 nitrogen and oxygen atoms in total. The average molecular weight is 373 g/mol. The molecule has 2 fully saturated rings. The van der Waals surface area contributed by atoms with Crippen molar-refractivity contribution in [2.75, 3.05) is 44.3 Å². The van der Waals surface area contributed by atoms with Crippen LogP contribution in [0.1, 0.15) is 23.2 Å². The summed E-state index contributed by atoms with van der Waals surface area (Å²) in [6, 6.07) is 7.55. The van der Waals surface area contributed by atoms with Gasteiger partial charge < -0.3 is 19.3 Å². The summed E-state index contributed by atoms with van der Waals surface area (Å²) in [6.45, 7) is 4.42. The molecule has 2 saturated heterocycles. The summed E-state index contributed by atoms with van der Waals surface area (Å²) in [5.41, 5.74) is 0.685. The van der Waals surface area contributed by atoms with Crippen molar-refractivity contribution in [2.45, 2.75) is 18.9 Å². The van der Waals surface area contributed by atoms with Gasteiger partial charge in [0, 0.05) is 56.2 Å². The third kappa shape index (κ3) is 3.99. The Balaban J connectivity index is 1.35. The molecule has 0 N–H and O–H groups in total. The van der Waals surface area contributed by atoms with Gasteiger partial charge in [0.15, 0.2) is 5.13 Å². The summed E-state index contributed by atoms with van der Waals surface area (Å²) in [4.78, 5) is 21.1. The van der Waals surface area contributed by atoms with Crippen molar-refractivity contribution in [3.8, 4) is 5.75 Å². The molecule has 2 aliphatic heterocycles. The molecule has 0 radical (unpaired) electrons. The third-order valence-electron chi connectivity index (χ3n) is 4.81. The highest BCUT2D eigenvalue weighted by Crippen LogP contribution is 2.25. The summed E-state index contributed by atoms with van der Waals surface area (Å²) in [5, 5.41) is 3.09. The highest BCUT2D eigenvalue weighted by molar-refractivity contribution is 7.13. The molecule has 7 heteroatoms. The number of carbonyl (C=O) groups is 1. The molecule has 0 unspecified atom stereocenters. The fraction of sp³-hybridized carbons (Fsp3) is 0.474. The first-order valence-corrected chi connectivity index (χ1v) is 9.96. The highest BCUT2D eigenvalue weighted by atomic mass is 32.1. The van der Waals surface area contributed by atoms with E-state index < -0.39 is 0 Å². The number of benzene rings is 1. The molecular formula is C19H23N3O3S. The molecule has 1 aromatic carbocycles. The maximum atomic E-state index is 12.6. The Kier molecular flexibility index (Phi) is 5.36. The Morgan fingerprint density at radius 2 is 2.00 bits per heavy atom. The zero-order valence-corrected chi connectivity index (χ0v) is 15.5. The summed E-state index contributed by atoms with van der Waals surface area (Å²) in [5.74, 6) is 0.828. The standard InChI is InChI=1S/C19H23N3O3S/c23-18(21-9-11-24-12-10-21)15-2-1-3-17(14-15)25-16-4-7-22(8-5-16)19-20-6-13-26-19/h1-3,6,13-14,16H,4-5,7-12H2. The number of thiazole rings is 1. The lowest BCUT2D eigenvalue weighted by atomic mass is 10.1. The monoisotopic (exact) mass is 373 g/mol. The van der Waals surface area contributed by atoms with Crippen LogP contribution < -0.4 is 9.64 Å². The number of hydrogen-bond donors (Lipinski definition) is 0. The van der Waals surface area contributed by atoms with Gasteiger partial charge in [-0.05, 0) is 18.2 Å². The van der Waals surface area contributed by atoms with Crippen molar-refractivity contribution in [1.82, 2.24) is 9.88 Å². The van der Waals surface area contributed by atoms with Crippen LogP contribution in [-0.2, 0) is 4.74 Å². The van der Waals surface area contributed by atoms with E-state index in [1.165, 1.54) is 0 Å². The lowest BCUT2D eigenvalue weighted by Gasteiger charge is -2.32. The lowest BCUT2D eigenvalue weighted by Crippen LogP contribution is -2.40. The quantitative estimate of drug-likeness (QED) is 0.825. The fourth-order valence-electron chi connectivity index (χ4n) is 3.38. The van der Waals surface area contributed by atoms with Crippen molar-refractivity contribution in [1.29, 1.82) is 0 Å². The first-order valence-electron chi connectivity index (χ1n) is 9.08. The molecule has 0 bridgehead atoms. The van der Waals surface area contributed by atoms with Gasteiger partial charge >= 0.3 is 0 Å². The van der Waals surface area contributed by atoms with Gasteiger partial charge in [0.2, 0.25) is 0 Å². The van der Waals surface area contributed by atoms with Crippen molar-refractivity contribution in [3.05, 3.63) is 41.4 Å². The number of piperidine rings is 1. The van der Waals surface area contributed by atoms with Crippen LogP contribution >= 0.6 is 11.3 Å². The molecule has 4 rings (SSSR count). The van der Waals surface area contributed by atoms with E-state index in [0.717, 1.165) is 36.8 Å². The second kappa shape index (κ2) is 8.05. The van der Waals surface area contributed by atoms with Gasteiger partial charge in [-0.2, -0.15) is 0 Å². The van der Waals surface area contributed by atoms with E-state index in [4.69, 9.17) is 9.47 Å². The second-order valence-corrected chi connectivity index (χ2v) is 7.42. The number of ether oxygens (including phenoxy) is 2. The summed E-state index contributed by atoms with van der Waals surface area (Å²) in [7, 11) is 0. The van der Waals surface area contributed by atoms with Gasteiger partial charge in [-0.1, -0.05) is 6.07 Å². The minimum absolute atomic E-state index is 0.0531. The predicted octanol–water partition coefficient (Wildman–Crippen LogP) is 2.66. The van der Waals surface area contributed by atoms with Crippen LogP contribution in [0, 0.1) is 0 Å². The Morgan fingerprint density at radius 1 is 1.19 bits per heavy atom. The molecule has 2 aromatic rings. The normalized spacial score (nSPS) is 18.8. The van der Waals surface area contributed by atoms with E-state index >= 15 is 0 Å². The molecule has 0 aliphatic carbocycles. The van der Waals surface area contributed by atoms with E-state index in [0.29, 0.717) is 31.9 Å². The van der Waals surface area contributed by atoms with Crippen LogP contribution in [0.3, 0.4) is 0 Å². The Hall–Kier alpha value is -2.12. The second-order valence-electron chi connectivity index (χ2n) is 6.55. The molecule has 0 spiro atoms. The van der Waals surface area contributed by atoms with Crippen molar-refractivity contribution < 1.29 is 14.3 Å². The summed E-state index contributed by atoms with van der Waals surface area (Å²) >= 11 is 1.68. The molecule has 0 atom stereocenters. The summed E-state index contributed by atoms with van der Waals surface area (Å²) in [6.07, 6.45) is 3.95. The van der Waals surface area contributed by atoms with Crippen LogP contribution in [0.2, 0.25) is 0 Å². The average Bonchev–Trinajstić information content (AvgIpc) is 3.24. The number of rotatable bonds is 4. The highest BCUT2D eigenvalue weighted by Gasteiger charge is 2.23. The molecule has 138 valence electrons. The zero-order chi connectivity index (χ0) is 17.8. The largest absolute Gasteiger partial charge is 0.490 e. The number of morpholine rings is 1. The van der Waals surface area contributed by atoms with Crippen LogP contribution in [0.15, 0.2) is 35.8 Å². The summed E-state index contributed by atoms with van der Waals surface area (Å²) < 4.78 is 11.5. The van der Waals surface area contributed by atoms with Crippen molar-refractivity contribution >= 4 is 22.4 Å². The van der Waals surface area contributed by atoms with Crippen molar-refractivity contribution in [3.63, 3.8) is 0 Å². The maximum absolute atomic E-state index is 12.6. The number of amides is 1. The van der Waals surface area contributed by atoms with Crippen LogP contribution in [0.5, 0.6) is 5.75 Å². The number of hydrogen-bond acceptors (Lipinski definition) is 6. The van der Waals surface area contributed by atoms with Gasteiger partial charge in [0.1, 0.15) is 11.9 Å². The van der Waals surface area contributed by atoms with Gasteiger partial charge in [-0.25, -0.2) is 4.98 Å². The zero-order valence-electron chi connectivity index (χ0n) is 14.7. The smallest absolute Gasteiger partial charge is 0.254 e. The van der Waals surface area contributed by atoms with Gasteiger partial charge in [0.25, 0.3) is 5.91 Å². The van der Waals surface area contributed by atoms with Gasteiger partial charge in [-0.3, -0.25) is 4.79 Å². The van der Waals surface area contributed by atoms with E-state index in [1.807, 2.05) is 40.7 Å². The Morgan fingerprint density at radius 3 is 2.73 bits per heavy atom. The minimum Gasteiger partial charge on any atom is -0.490 e. The molecular weight excluding hydrogens is 350 g/mol. The van der Waals surface area contributed by atoms with Crippen molar-refractivity contribution in [2.24, 2.45) is 0 Å². The lowest BCUT2D eigenvalue weighted by molar-refractivity contribution is 0.0302. The Labute approximate surface area is 157 Å². The van der Waals surface area contributed by atoms with Gasteiger partial charge in [-0.15, -0.1) is 11.3 Å². The first-order chi connectivity index (χ1) is 12.8.